The number of nitrogens with zero attached hydrogens (tertiary/aromatic N) is 1. The summed E-state index contributed by atoms with van der Waals surface area (Å²) >= 11 is 0. The van der Waals surface area contributed by atoms with E-state index in [4.69, 9.17) is 10.5 Å². The Labute approximate surface area is 128 Å². The first-order valence-electron chi connectivity index (χ1n) is 8.37. The highest BCUT2D eigenvalue weighted by atomic mass is 16.5. The van der Waals surface area contributed by atoms with Gasteiger partial charge in [-0.3, -0.25) is 0 Å². The number of ether oxygens (including phenoxy) is 1. The van der Waals surface area contributed by atoms with Gasteiger partial charge in [-0.2, -0.15) is 0 Å². The number of hydrogen-bond donors (Lipinski definition) is 1. The van der Waals surface area contributed by atoms with Crippen molar-refractivity contribution in [3.63, 3.8) is 0 Å². The van der Waals surface area contributed by atoms with Crippen molar-refractivity contribution in [3.8, 4) is 0 Å². The molecule has 0 bridgehead atoms. The maximum atomic E-state index is 6.30. The molecular formula is C18H28N2O. The van der Waals surface area contributed by atoms with E-state index in [2.05, 4.69) is 29.2 Å². The van der Waals surface area contributed by atoms with Crippen molar-refractivity contribution in [2.45, 2.75) is 56.6 Å². The topological polar surface area (TPSA) is 38.5 Å². The number of methoxy groups -OCH3 is 1. The minimum absolute atomic E-state index is 0.0827. The Morgan fingerprint density at radius 2 is 2.14 bits per heavy atom. The van der Waals surface area contributed by atoms with Crippen LogP contribution in [-0.2, 0) is 11.2 Å². The Bertz CT molecular complexity index is 476. The third-order valence-electron chi connectivity index (χ3n) is 5.42. The van der Waals surface area contributed by atoms with Crippen molar-refractivity contribution in [2.24, 2.45) is 5.73 Å². The van der Waals surface area contributed by atoms with Crippen molar-refractivity contribution in [2.75, 3.05) is 25.1 Å². The predicted octanol–water partition coefficient (Wildman–Crippen LogP) is 3.12. The van der Waals surface area contributed by atoms with Gasteiger partial charge in [0.15, 0.2) is 0 Å². The van der Waals surface area contributed by atoms with Crippen LogP contribution >= 0.6 is 0 Å². The third-order valence-corrected chi connectivity index (χ3v) is 5.42. The first kappa shape index (κ1) is 14.9. The lowest BCUT2D eigenvalue weighted by Crippen LogP contribution is -2.58. The van der Waals surface area contributed by atoms with Crippen molar-refractivity contribution in [1.82, 2.24) is 0 Å². The number of benzene rings is 1. The molecule has 3 rings (SSSR count). The largest absolute Gasteiger partial charge is 0.381 e. The number of anilines is 1. The standard InChI is InChI=1S/C18H28N2O/c1-21-16-9-6-11-18(13-16,14-19)20-12-5-4-8-15-7-2-3-10-17(15)20/h2-3,7,10,16H,4-6,8-9,11-14,19H2,1H3. The molecule has 0 radical (unpaired) electrons. The van der Waals surface area contributed by atoms with Crippen LogP contribution < -0.4 is 10.6 Å². The summed E-state index contributed by atoms with van der Waals surface area (Å²) in [6.45, 7) is 1.85. The molecule has 1 aromatic carbocycles. The van der Waals surface area contributed by atoms with E-state index in [0.717, 1.165) is 19.5 Å². The average molecular weight is 288 g/mol. The van der Waals surface area contributed by atoms with Crippen LogP contribution in [0.15, 0.2) is 24.3 Å². The molecule has 21 heavy (non-hydrogen) atoms. The van der Waals surface area contributed by atoms with Crippen molar-refractivity contribution < 1.29 is 4.74 Å². The zero-order chi connectivity index (χ0) is 14.7. The SMILES string of the molecule is COC1CCCC(CN)(N2CCCCc3ccccc32)C1. The van der Waals surface area contributed by atoms with Gasteiger partial charge < -0.3 is 15.4 Å². The highest BCUT2D eigenvalue weighted by Gasteiger charge is 2.41. The van der Waals surface area contributed by atoms with Crippen LogP contribution in [0.3, 0.4) is 0 Å². The molecule has 3 nitrogen and oxygen atoms in total. The first-order chi connectivity index (χ1) is 10.3. The molecule has 116 valence electrons. The fraction of sp³-hybridized carbons (Fsp3) is 0.667. The molecule has 1 aliphatic carbocycles. The van der Waals surface area contributed by atoms with E-state index in [0.29, 0.717) is 6.10 Å². The first-order valence-corrected chi connectivity index (χ1v) is 8.37. The molecule has 1 fully saturated rings. The second-order valence-electron chi connectivity index (χ2n) is 6.62. The lowest BCUT2D eigenvalue weighted by Gasteiger charge is -2.49. The van der Waals surface area contributed by atoms with E-state index in [1.165, 1.54) is 49.8 Å². The van der Waals surface area contributed by atoms with Gasteiger partial charge in [0.1, 0.15) is 0 Å². The van der Waals surface area contributed by atoms with E-state index in [1.54, 1.807) is 0 Å². The highest BCUT2D eigenvalue weighted by Crippen LogP contribution is 2.40. The van der Waals surface area contributed by atoms with Gasteiger partial charge in [-0.05, 0) is 56.6 Å². The molecule has 0 aromatic heterocycles. The molecule has 2 N–H and O–H groups in total. The van der Waals surface area contributed by atoms with E-state index in [1.807, 2.05) is 7.11 Å². The molecule has 1 heterocycles. The minimum atomic E-state index is 0.0827. The summed E-state index contributed by atoms with van der Waals surface area (Å²) in [7, 11) is 1.84. The van der Waals surface area contributed by atoms with Crippen molar-refractivity contribution >= 4 is 5.69 Å². The maximum absolute atomic E-state index is 6.30. The van der Waals surface area contributed by atoms with Gasteiger partial charge in [0.2, 0.25) is 0 Å². The van der Waals surface area contributed by atoms with Crippen LogP contribution in [0.4, 0.5) is 5.69 Å². The quantitative estimate of drug-likeness (QED) is 0.929. The Hall–Kier alpha value is -1.06. The number of hydrogen-bond acceptors (Lipinski definition) is 3. The molecule has 1 saturated carbocycles. The molecule has 1 aromatic rings. The fourth-order valence-electron chi connectivity index (χ4n) is 4.21. The number of rotatable bonds is 3. The van der Waals surface area contributed by atoms with Gasteiger partial charge in [0.25, 0.3) is 0 Å². The lowest BCUT2D eigenvalue weighted by atomic mass is 9.78. The van der Waals surface area contributed by atoms with Crippen molar-refractivity contribution in [3.05, 3.63) is 29.8 Å². The summed E-state index contributed by atoms with van der Waals surface area (Å²) in [5.41, 5.74) is 9.28. The summed E-state index contributed by atoms with van der Waals surface area (Å²) in [6, 6.07) is 8.90. The van der Waals surface area contributed by atoms with Crippen LogP contribution in [0, 0.1) is 0 Å². The van der Waals surface area contributed by atoms with Crippen LogP contribution in [0.2, 0.25) is 0 Å². The molecule has 2 unspecified atom stereocenters. The summed E-state index contributed by atoms with van der Waals surface area (Å²) in [5.74, 6) is 0. The summed E-state index contributed by atoms with van der Waals surface area (Å²) in [5, 5.41) is 0. The Kier molecular flexibility index (Phi) is 4.51. The number of fused-ring (bicyclic) bond motifs is 1. The zero-order valence-corrected chi connectivity index (χ0v) is 13.2. The maximum Gasteiger partial charge on any atom is 0.0594 e. The number of para-hydroxylation sites is 1. The Morgan fingerprint density at radius 3 is 2.95 bits per heavy atom. The van der Waals surface area contributed by atoms with Crippen LogP contribution in [0.5, 0.6) is 0 Å². The molecule has 1 aliphatic heterocycles. The number of aryl methyl sites for hydroxylation is 1. The molecule has 2 atom stereocenters. The normalized spacial score (nSPS) is 29.8. The van der Waals surface area contributed by atoms with Gasteiger partial charge in [0.05, 0.1) is 11.6 Å². The zero-order valence-electron chi connectivity index (χ0n) is 13.2. The monoisotopic (exact) mass is 288 g/mol. The van der Waals surface area contributed by atoms with E-state index in [9.17, 15) is 0 Å². The van der Waals surface area contributed by atoms with E-state index >= 15 is 0 Å². The summed E-state index contributed by atoms with van der Waals surface area (Å²) < 4.78 is 5.68. The smallest absolute Gasteiger partial charge is 0.0594 e. The van der Waals surface area contributed by atoms with Crippen LogP contribution in [-0.4, -0.2) is 31.8 Å². The number of nitrogens with two attached hydrogens (primary N) is 1. The molecule has 0 amide bonds. The van der Waals surface area contributed by atoms with Gasteiger partial charge in [0, 0.05) is 25.9 Å². The molecular weight excluding hydrogens is 260 g/mol. The molecule has 3 heteroatoms. The summed E-state index contributed by atoms with van der Waals surface area (Å²) in [6.07, 6.45) is 8.74. The van der Waals surface area contributed by atoms with E-state index in [-0.39, 0.29) is 5.54 Å². The van der Waals surface area contributed by atoms with Gasteiger partial charge in [-0.15, -0.1) is 0 Å². The van der Waals surface area contributed by atoms with Gasteiger partial charge in [-0.1, -0.05) is 18.2 Å². The van der Waals surface area contributed by atoms with Gasteiger partial charge in [-0.25, -0.2) is 0 Å². The Balaban J connectivity index is 1.96. The van der Waals surface area contributed by atoms with Gasteiger partial charge >= 0.3 is 0 Å². The fourth-order valence-corrected chi connectivity index (χ4v) is 4.21. The molecule has 0 spiro atoms. The highest BCUT2D eigenvalue weighted by molar-refractivity contribution is 5.57. The Morgan fingerprint density at radius 1 is 1.29 bits per heavy atom. The second-order valence-corrected chi connectivity index (χ2v) is 6.62. The predicted molar refractivity (Wildman–Crippen MR) is 87.8 cm³/mol. The molecule has 0 saturated heterocycles. The van der Waals surface area contributed by atoms with Crippen molar-refractivity contribution in [1.29, 1.82) is 0 Å². The third kappa shape index (κ3) is 2.82. The lowest BCUT2D eigenvalue weighted by molar-refractivity contribution is 0.0410. The van der Waals surface area contributed by atoms with E-state index < -0.39 is 0 Å². The summed E-state index contributed by atoms with van der Waals surface area (Å²) in [4.78, 5) is 2.63. The molecule has 2 aliphatic rings. The average Bonchev–Trinajstić information content (AvgIpc) is 2.77. The second kappa shape index (κ2) is 6.37. The van der Waals surface area contributed by atoms with Crippen LogP contribution in [0.1, 0.15) is 44.1 Å². The van der Waals surface area contributed by atoms with Crippen LogP contribution in [0.25, 0.3) is 0 Å². The minimum Gasteiger partial charge on any atom is -0.381 e.